The Morgan fingerprint density at radius 1 is 0.389 bits per heavy atom. The van der Waals surface area contributed by atoms with E-state index in [-0.39, 0.29) is 70.3 Å². The maximum Gasteiger partial charge on any atom is 0.354 e. The highest BCUT2D eigenvalue weighted by molar-refractivity contribution is 8.00. The van der Waals surface area contributed by atoms with Gasteiger partial charge in [-0.15, -0.1) is 0 Å². The molecule has 0 aliphatic carbocycles. The molecule has 0 saturated heterocycles. The number of aromatic nitrogens is 7. The third kappa shape index (κ3) is 15.5. The Labute approximate surface area is 647 Å². The van der Waals surface area contributed by atoms with Gasteiger partial charge in [0.15, 0.2) is 22.8 Å². The number of fused-ring (bicyclic) bond motifs is 5. The molecule has 113 heavy (non-hydrogen) atoms. The zero-order chi connectivity index (χ0) is 78.4. The first-order valence-corrected chi connectivity index (χ1v) is 36.3. The van der Waals surface area contributed by atoms with E-state index in [4.69, 9.17) is 27.5 Å². The Bertz CT molecular complexity index is 6870. The summed E-state index contributed by atoms with van der Waals surface area (Å²) in [6.07, 6.45) is 6.18. The van der Waals surface area contributed by atoms with Gasteiger partial charge in [0.1, 0.15) is 76.6 Å². The number of ether oxygens (including phenoxy) is 3. The molecule has 23 nitrogen and oxygen atoms in total. The molecule has 0 saturated carbocycles. The summed E-state index contributed by atoms with van der Waals surface area (Å²) in [6.45, 7) is 0. The molecule has 0 aliphatic heterocycles. The molecule has 0 bridgehead atoms. The predicted molar refractivity (Wildman–Crippen MR) is 422 cm³/mol. The summed E-state index contributed by atoms with van der Waals surface area (Å²) in [5.41, 5.74) is -0.324. The summed E-state index contributed by atoms with van der Waals surface area (Å²) in [6, 6.07) is 69.8. The van der Waals surface area contributed by atoms with E-state index in [0.29, 0.717) is 83.7 Å². The number of para-hydroxylation sites is 1. The van der Waals surface area contributed by atoms with E-state index < -0.39 is 62.4 Å². The van der Waals surface area contributed by atoms with Gasteiger partial charge in [0, 0.05) is 80.1 Å². The van der Waals surface area contributed by atoms with Crippen molar-refractivity contribution in [1.29, 1.82) is 0 Å². The van der Waals surface area contributed by atoms with Gasteiger partial charge in [-0.2, -0.15) is 0 Å². The number of rotatable bonds is 16. The lowest BCUT2D eigenvalue weighted by molar-refractivity contribution is 0.414. The van der Waals surface area contributed by atoms with Crippen LogP contribution < -0.4 is 47.8 Å². The number of aromatic hydroxyl groups is 4. The number of phenolic OH excluding ortho intramolecular Hbond substituents is 1. The van der Waals surface area contributed by atoms with Crippen LogP contribution in [-0.4, -0.2) is 61.2 Å². The number of phenols is 1. The van der Waals surface area contributed by atoms with Gasteiger partial charge in [0.05, 0.1) is 24.0 Å². The topological polar surface area (TPSA) is 317 Å². The minimum absolute atomic E-state index is 0.00836. The van der Waals surface area contributed by atoms with E-state index in [0.717, 1.165) is 29.1 Å². The molecule has 0 fully saturated rings. The average molecular weight is 1560 g/mol. The summed E-state index contributed by atoms with van der Waals surface area (Å²) in [7, 11) is 1.55. The smallest absolute Gasteiger partial charge is 0.354 e. The van der Waals surface area contributed by atoms with E-state index in [2.05, 4.69) is 19.9 Å². The summed E-state index contributed by atoms with van der Waals surface area (Å²) in [5, 5.41) is 43.0. The highest BCUT2D eigenvalue weighted by Gasteiger charge is 2.28. The minimum Gasteiger partial charge on any atom is -0.508 e. The lowest BCUT2D eigenvalue weighted by Gasteiger charge is -2.16. The molecule has 0 radical (unpaired) electrons. The van der Waals surface area contributed by atoms with Crippen LogP contribution in [0.15, 0.2) is 351 Å². The Kier molecular flexibility index (Phi) is 21.1. The van der Waals surface area contributed by atoms with Gasteiger partial charge in [0.2, 0.25) is 0 Å². The lowest BCUT2D eigenvalue weighted by atomic mass is 10.1. The average Bonchev–Trinajstić information content (AvgIpc) is 0.732. The van der Waals surface area contributed by atoms with E-state index in [1.807, 2.05) is 60.7 Å². The van der Waals surface area contributed by atoms with Gasteiger partial charge in [-0.1, -0.05) is 138 Å². The SMILES string of the molecule is COc1ccc(-n2c(-c3ccccc3)cc3oc(=O)c(Sc4cccc(O)c4)c(O)c3c2=O)cc1.O=c1oc2c(c(O)c1Sc1ccccc1F)c(=O)n(-c1ccccc1)c1cc(Oc3ncccn3)ccc21.O=c1oc2cc(-c3ccccc3)n(-c3ccc(Oc4ncccn4)cc3)c(=O)c2c(O)c1Sc1cccc(F)c1. The fraction of sp³-hybridized carbons (Fsp3) is 0.0118. The maximum absolute atomic E-state index is 14.3. The zero-order valence-corrected chi connectivity index (χ0v) is 60.8. The molecule has 17 aromatic rings. The Balaban J connectivity index is 0.000000134. The Morgan fingerprint density at radius 2 is 0.832 bits per heavy atom. The number of halogens is 2. The van der Waals surface area contributed by atoms with Crippen LogP contribution in [-0.2, 0) is 0 Å². The quantitative estimate of drug-likeness (QED) is 0.0653. The van der Waals surface area contributed by atoms with Crippen molar-refractivity contribution in [2.75, 3.05) is 7.11 Å². The molecule has 0 aliphatic rings. The fourth-order valence-electron chi connectivity index (χ4n) is 12.0. The van der Waals surface area contributed by atoms with Crippen LogP contribution in [0, 0.1) is 11.6 Å². The van der Waals surface area contributed by atoms with Crippen molar-refractivity contribution >= 4 is 79.1 Å². The van der Waals surface area contributed by atoms with Gasteiger partial charge in [-0.05, 0) is 145 Å². The molecule has 17 rings (SSSR count). The van der Waals surface area contributed by atoms with Gasteiger partial charge in [-0.25, -0.2) is 43.1 Å². The molecule has 0 unspecified atom stereocenters. The monoisotopic (exact) mass is 1560 g/mol. The zero-order valence-electron chi connectivity index (χ0n) is 58.4. The van der Waals surface area contributed by atoms with Gasteiger partial charge >= 0.3 is 28.9 Å². The second-order valence-electron chi connectivity index (χ2n) is 24.3. The van der Waals surface area contributed by atoms with Crippen LogP contribution >= 0.6 is 35.3 Å². The second kappa shape index (κ2) is 32.3. The van der Waals surface area contributed by atoms with Crippen LogP contribution in [0.1, 0.15) is 0 Å². The molecule has 8 aromatic heterocycles. The van der Waals surface area contributed by atoms with Crippen LogP contribution in [0.4, 0.5) is 8.78 Å². The van der Waals surface area contributed by atoms with Gasteiger partial charge in [-0.3, -0.25) is 28.1 Å². The Hall–Kier alpha value is -14.6. The number of benzene rings is 9. The number of hydrogen-bond donors (Lipinski definition) is 4. The van der Waals surface area contributed by atoms with Crippen LogP contribution in [0.2, 0.25) is 0 Å². The van der Waals surface area contributed by atoms with Crippen molar-refractivity contribution in [3.8, 4) is 91.8 Å². The first kappa shape index (κ1) is 73.9. The normalized spacial score (nSPS) is 11.1. The Morgan fingerprint density at radius 3 is 1.35 bits per heavy atom. The summed E-state index contributed by atoms with van der Waals surface area (Å²) >= 11 is 2.40. The highest BCUT2D eigenvalue weighted by Crippen LogP contribution is 2.42. The fourth-order valence-corrected chi connectivity index (χ4v) is 14.7. The molecule has 0 atom stereocenters. The van der Waals surface area contributed by atoms with E-state index >= 15 is 0 Å². The third-order valence-electron chi connectivity index (χ3n) is 17.1. The summed E-state index contributed by atoms with van der Waals surface area (Å²) in [4.78, 5) is 96.9. The van der Waals surface area contributed by atoms with Crippen LogP contribution in [0.3, 0.4) is 0 Å². The first-order valence-electron chi connectivity index (χ1n) is 33.9. The molecule has 556 valence electrons. The van der Waals surface area contributed by atoms with E-state index in [1.54, 1.807) is 159 Å². The van der Waals surface area contributed by atoms with Crippen molar-refractivity contribution in [1.82, 2.24) is 33.6 Å². The van der Waals surface area contributed by atoms with Crippen molar-refractivity contribution < 1.29 is 56.7 Å². The maximum atomic E-state index is 14.3. The van der Waals surface area contributed by atoms with Crippen molar-refractivity contribution in [2.45, 2.75) is 29.4 Å². The highest BCUT2D eigenvalue weighted by atomic mass is 32.2. The number of hydrogen-bond acceptors (Lipinski definition) is 23. The molecule has 0 amide bonds. The first-order chi connectivity index (χ1) is 54.9. The molecular weight excluding hydrogens is 1510 g/mol. The van der Waals surface area contributed by atoms with Crippen molar-refractivity contribution in [3.05, 3.63) is 354 Å². The summed E-state index contributed by atoms with van der Waals surface area (Å²) < 4.78 is 65.6. The predicted octanol–water partition coefficient (Wildman–Crippen LogP) is 17.0. The molecule has 28 heteroatoms. The summed E-state index contributed by atoms with van der Waals surface area (Å²) in [5.74, 6) is -1.26. The molecule has 9 aromatic carbocycles. The van der Waals surface area contributed by atoms with Gasteiger partial charge < -0.3 is 47.9 Å². The number of nitrogens with zero attached hydrogens (tertiary/aromatic N) is 7. The molecule has 8 heterocycles. The number of methoxy groups -OCH3 is 1. The second-order valence-corrected chi connectivity index (χ2v) is 27.5. The largest absolute Gasteiger partial charge is 0.508 e. The van der Waals surface area contributed by atoms with Crippen LogP contribution in [0.25, 0.3) is 83.4 Å². The third-order valence-corrected chi connectivity index (χ3v) is 20.4. The van der Waals surface area contributed by atoms with Crippen LogP contribution in [0.5, 0.6) is 52.3 Å². The number of pyridine rings is 3. The minimum atomic E-state index is -0.903. The standard InChI is InChI=1S/C30H18FN3O5S.C28H16FN3O5S.C27H19NO6S/c31-19-8-4-9-22(16-19)40-27-26(35)25-24(39-29(27)37)17-23(18-6-2-1-3-7-18)34(28(25)36)20-10-12-21(13-11-20)38-30-32-14-5-15-33-30;29-19-9-4-5-10-21(19)38-25-23(33)22-24(37-27(25)35)18-12-11-17(36-28-30-13-6-14-31-28)15-20(18)32(26(22)34)16-7-2-1-3-8-16;1-33-19-12-10-17(11-13-19)28-21(16-6-3-2-4-7-16)15-22-23(26(28)31)24(30)25(27(32)34-22)35-20-9-5-8-18(29)14-20/h1-17,35H;1-15,33H;2-15,29-30H,1H3. The molecule has 4 N–H and O–H groups in total. The van der Waals surface area contributed by atoms with E-state index in [9.17, 15) is 58.0 Å². The van der Waals surface area contributed by atoms with Crippen molar-refractivity contribution in [3.63, 3.8) is 0 Å². The van der Waals surface area contributed by atoms with Gasteiger partial charge in [0.25, 0.3) is 16.7 Å². The van der Waals surface area contributed by atoms with E-state index in [1.165, 1.54) is 80.7 Å². The molecule has 0 spiro atoms. The lowest BCUT2D eigenvalue weighted by Crippen LogP contribution is -2.21. The molecular formula is C85H53F2N7O16S3. The van der Waals surface area contributed by atoms with Crippen molar-refractivity contribution in [2.24, 2.45) is 0 Å².